The largest absolute Gasteiger partial charge is 0.457 e. The van der Waals surface area contributed by atoms with Crippen molar-refractivity contribution in [1.29, 1.82) is 0 Å². The second-order valence-electron chi connectivity index (χ2n) is 17.8. The van der Waals surface area contributed by atoms with Crippen LogP contribution in [-0.4, -0.2) is 0 Å². The van der Waals surface area contributed by atoms with Crippen LogP contribution in [0.25, 0.3) is 44.2 Å². The molecule has 0 saturated carbocycles. The summed E-state index contributed by atoms with van der Waals surface area (Å²) in [5.41, 5.74) is 18.9. The highest BCUT2D eigenvalue weighted by atomic mass is 32.2. The number of para-hydroxylation sites is 3. The van der Waals surface area contributed by atoms with Crippen LogP contribution in [-0.2, 0) is 10.8 Å². The number of fused-ring (bicyclic) bond motifs is 21. The van der Waals surface area contributed by atoms with Crippen molar-refractivity contribution in [2.75, 3.05) is 4.90 Å². The maximum Gasteiger partial charge on any atom is 0.137 e. The predicted octanol–water partition coefficient (Wildman–Crippen LogP) is 16.4. The highest BCUT2D eigenvalue weighted by molar-refractivity contribution is 7.99. The molecule has 0 fully saturated rings. The Kier molecular flexibility index (Phi) is 7.29. The summed E-state index contributed by atoms with van der Waals surface area (Å²) in [6.07, 6.45) is 0. The molecule has 0 atom stereocenters. The first-order valence-corrected chi connectivity index (χ1v) is 23.5. The van der Waals surface area contributed by atoms with Gasteiger partial charge in [0.2, 0.25) is 0 Å². The van der Waals surface area contributed by atoms with E-state index in [0.29, 0.717) is 0 Å². The Bertz CT molecular complexity index is 3790. The topological polar surface area (TPSA) is 25.6 Å². The molecule has 0 amide bonds. The van der Waals surface area contributed by atoms with E-state index in [2.05, 4.69) is 229 Å². The quantitative estimate of drug-likeness (QED) is 0.177. The summed E-state index contributed by atoms with van der Waals surface area (Å²) in [6, 6.07) is 82.6. The van der Waals surface area contributed by atoms with Crippen molar-refractivity contribution in [3.63, 3.8) is 0 Å². The van der Waals surface area contributed by atoms with E-state index in [1.807, 2.05) is 11.8 Å². The average Bonchev–Trinajstić information content (AvgIpc) is 4.00. The number of furan rings is 1. The van der Waals surface area contributed by atoms with Gasteiger partial charge in [-0.05, 0) is 122 Å². The SMILES string of the molecule is c1ccc2c(c1)Oc1ccccc1C21c2ccccc2-c2cc(N(c3ccc4c(c3)C3(c5ccccc5Sc5ccccc53)c3ccccc3-4)c3cccc4oc5ccccc5c34)ccc21. The zero-order chi connectivity index (χ0) is 43.1. The van der Waals surface area contributed by atoms with E-state index in [4.69, 9.17) is 9.15 Å². The van der Waals surface area contributed by atoms with Gasteiger partial charge in [0.15, 0.2) is 0 Å². The fraction of sp³-hybridized carbons (Fsp3) is 0.0323. The highest BCUT2D eigenvalue weighted by Crippen LogP contribution is 2.65. The summed E-state index contributed by atoms with van der Waals surface area (Å²) in [7, 11) is 0. The Balaban J connectivity index is 1.03. The lowest BCUT2D eigenvalue weighted by Crippen LogP contribution is -2.32. The van der Waals surface area contributed by atoms with E-state index in [9.17, 15) is 0 Å². The molecule has 2 spiro atoms. The maximum absolute atomic E-state index is 6.67. The van der Waals surface area contributed by atoms with Crippen LogP contribution in [0.1, 0.15) is 44.5 Å². The summed E-state index contributed by atoms with van der Waals surface area (Å²) in [4.78, 5) is 5.06. The number of rotatable bonds is 3. The van der Waals surface area contributed by atoms with Crippen molar-refractivity contribution >= 4 is 50.8 Å². The van der Waals surface area contributed by atoms with Crippen LogP contribution in [0.3, 0.4) is 0 Å². The zero-order valence-corrected chi connectivity index (χ0v) is 36.4. The summed E-state index contributed by atoms with van der Waals surface area (Å²) in [5, 5.41) is 2.17. The lowest BCUT2D eigenvalue weighted by atomic mass is 9.66. The number of ether oxygens (including phenoxy) is 1. The van der Waals surface area contributed by atoms with E-state index >= 15 is 0 Å². The first-order valence-electron chi connectivity index (χ1n) is 22.7. The fourth-order valence-corrected chi connectivity index (χ4v) is 13.5. The van der Waals surface area contributed by atoms with Gasteiger partial charge in [0.1, 0.15) is 22.7 Å². The van der Waals surface area contributed by atoms with Gasteiger partial charge in [0.25, 0.3) is 0 Å². The van der Waals surface area contributed by atoms with Crippen LogP contribution < -0.4 is 9.64 Å². The number of anilines is 3. The van der Waals surface area contributed by atoms with Crippen LogP contribution in [0.2, 0.25) is 0 Å². The Morgan fingerprint density at radius 3 is 1.56 bits per heavy atom. The molecular formula is C62H37NO2S. The van der Waals surface area contributed by atoms with Crippen LogP contribution >= 0.6 is 11.8 Å². The van der Waals surface area contributed by atoms with Crippen molar-refractivity contribution in [2.24, 2.45) is 0 Å². The molecule has 2 aliphatic carbocycles. The molecule has 0 N–H and O–H groups in total. The second kappa shape index (κ2) is 13.3. The molecule has 3 heterocycles. The molecule has 1 aromatic heterocycles. The Labute approximate surface area is 386 Å². The minimum absolute atomic E-state index is 0.520. The lowest BCUT2D eigenvalue weighted by Gasteiger charge is -2.40. The van der Waals surface area contributed by atoms with Gasteiger partial charge in [-0.2, -0.15) is 0 Å². The minimum Gasteiger partial charge on any atom is -0.457 e. The molecule has 0 unspecified atom stereocenters. The van der Waals surface area contributed by atoms with Gasteiger partial charge in [0, 0.05) is 37.7 Å². The fourth-order valence-electron chi connectivity index (χ4n) is 12.3. The molecule has 10 aromatic carbocycles. The van der Waals surface area contributed by atoms with Gasteiger partial charge >= 0.3 is 0 Å². The summed E-state index contributed by atoms with van der Waals surface area (Å²) in [5.74, 6) is 1.78. The predicted molar refractivity (Wildman–Crippen MR) is 267 cm³/mol. The van der Waals surface area contributed by atoms with E-state index < -0.39 is 10.8 Å². The molecule has 308 valence electrons. The Hall–Kier alpha value is -8.05. The highest BCUT2D eigenvalue weighted by Gasteiger charge is 2.52. The third-order valence-electron chi connectivity index (χ3n) is 14.8. The Morgan fingerprint density at radius 2 is 0.848 bits per heavy atom. The Morgan fingerprint density at radius 1 is 0.348 bits per heavy atom. The van der Waals surface area contributed by atoms with E-state index in [1.165, 1.54) is 65.4 Å². The van der Waals surface area contributed by atoms with Gasteiger partial charge in [-0.15, -0.1) is 0 Å². The van der Waals surface area contributed by atoms with E-state index in [1.54, 1.807) is 0 Å². The van der Waals surface area contributed by atoms with Gasteiger partial charge in [-0.25, -0.2) is 0 Å². The molecular weight excluding hydrogens is 823 g/mol. The molecule has 3 nitrogen and oxygen atoms in total. The van der Waals surface area contributed by atoms with Crippen LogP contribution in [0.4, 0.5) is 17.1 Å². The molecule has 66 heavy (non-hydrogen) atoms. The summed E-state index contributed by atoms with van der Waals surface area (Å²) >= 11 is 1.88. The van der Waals surface area contributed by atoms with Crippen LogP contribution in [0.5, 0.6) is 11.5 Å². The number of benzene rings is 10. The first kappa shape index (κ1) is 36.3. The third kappa shape index (κ3) is 4.54. The van der Waals surface area contributed by atoms with Crippen molar-refractivity contribution in [3.05, 3.63) is 269 Å². The first-order chi connectivity index (χ1) is 32.7. The monoisotopic (exact) mass is 859 g/mol. The second-order valence-corrected chi connectivity index (χ2v) is 18.9. The number of hydrogen-bond acceptors (Lipinski definition) is 4. The van der Waals surface area contributed by atoms with Crippen molar-refractivity contribution in [2.45, 2.75) is 20.6 Å². The number of nitrogens with zero attached hydrogens (tertiary/aromatic N) is 1. The van der Waals surface area contributed by atoms with Crippen molar-refractivity contribution < 1.29 is 9.15 Å². The van der Waals surface area contributed by atoms with Gasteiger partial charge in [0.05, 0.1) is 21.9 Å². The van der Waals surface area contributed by atoms with E-state index in [0.717, 1.165) is 61.6 Å². The molecule has 2 aliphatic heterocycles. The third-order valence-corrected chi connectivity index (χ3v) is 16.0. The molecule has 11 aromatic rings. The van der Waals surface area contributed by atoms with Crippen LogP contribution in [0, 0.1) is 0 Å². The smallest absolute Gasteiger partial charge is 0.137 e. The summed E-state index contributed by atoms with van der Waals surface area (Å²) in [6.45, 7) is 0. The zero-order valence-electron chi connectivity index (χ0n) is 35.5. The van der Waals surface area contributed by atoms with Crippen molar-refractivity contribution in [1.82, 2.24) is 0 Å². The van der Waals surface area contributed by atoms with Crippen molar-refractivity contribution in [3.8, 4) is 33.8 Å². The van der Waals surface area contributed by atoms with Gasteiger partial charge < -0.3 is 14.1 Å². The minimum atomic E-state index is -0.562. The lowest BCUT2D eigenvalue weighted by molar-refractivity contribution is 0.436. The molecule has 15 rings (SSSR count). The van der Waals surface area contributed by atoms with Gasteiger partial charge in [-0.1, -0.05) is 169 Å². The number of hydrogen-bond donors (Lipinski definition) is 0. The summed E-state index contributed by atoms with van der Waals surface area (Å²) < 4.78 is 13.3. The molecule has 0 bridgehead atoms. The molecule has 0 saturated heterocycles. The molecule has 0 radical (unpaired) electrons. The molecule has 4 aliphatic rings. The molecule has 4 heteroatoms. The van der Waals surface area contributed by atoms with E-state index in [-0.39, 0.29) is 0 Å². The maximum atomic E-state index is 6.67. The van der Waals surface area contributed by atoms with Crippen LogP contribution in [0.15, 0.2) is 239 Å². The average molecular weight is 860 g/mol. The standard InChI is InChI=1S/C62H37NO2S/c1-4-19-45-40(16-1)42-34-32-39(37-52(42)62(45)50-23-8-13-30-58(50)66-59-31-14-9-24-51(59)62)63(53-25-15-29-57-60(53)43-18-3-10-26-54(43)64-57)38-33-35-47-44(36-38)41-17-2-5-20-46(41)61(47)48-21-6-11-27-55(48)65-56-28-12-7-22-49(56)61/h1-37H. The van der Waals surface area contributed by atoms with Gasteiger partial charge in [-0.3, -0.25) is 0 Å². The normalized spacial score (nSPS) is 14.7.